The van der Waals surface area contributed by atoms with Crippen LogP contribution in [0.1, 0.15) is 61.5 Å². The van der Waals surface area contributed by atoms with Gasteiger partial charge in [0.05, 0.1) is 11.7 Å². The normalized spacial score (nSPS) is 24.2. The number of hydrogen-bond donors (Lipinski definition) is 3. The average Bonchev–Trinajstić information content (AvgIpc) is 3.50. The summed E-state index contributed by atoms with van der Waals surface area (Å²) in [6.45, 7) is 4.07. The molecule has 0 bridgehead atoms. The van der Waals surface area contributed by atoms with Crippen LogP contribution in [0, 0.1) is 0 Å². The number of aryl methyl sites for hydroxylation is 1. The van der Waals surface area contributed by atoms with Gasteiger partial charge in [0.25, 0.3) is 5.91 Å². The molecule has 0 radical (unpaired) electrons. The number of anilines is 1. The Morgan fingerprint density at radius 1 is 1.14 bits per heavy atom. The van der Waals surface area contributed by atoms with Crippen LogP contribution in [0.3, 0.4) is 0 Å². The summed E-state index contributed by atoms with van der Waals surface area (Å²) >= 11 is 0. The van der Waals surface area contributed by atoms with E-state index in [0.717, 1.165) is 74.0 Å². The molecule has 192 valence electrons. The van der Waals surface area contributed by atoms with Gasteiger partial charge < -0.3 is 29.8 Å². The van der Waals surface area contributed by atoms with Crippen LogP contribution in [0.15, 0.2) is 48.5 Å². The summed E-state index contributed by atoms with van der Waals surface area (Å²) in [6.07, 6.45) is 5.97. The molecule has 0 unspecified atom stereocenters. The maximum absolute atomic E-state index is 12.8. The average molecular weight is 492 g/mol. The first-order valence-electron chi connectivity index (χ1n) is 13.1. The molecule has 2 aliphatic rings. The van der Waals surface area contributed by atoms with Crippen LogP contribution in [0.2, 0.25) is 0 Å². The monoisotopic (exact) mass is 491 g/mol. The van der Waals surface area contributed by atoms with Crippen molar-refractivity contribution in [3.8, 4) is 5.75 Å². The zero-order valence-electron chi connectivity index (χ0n) is 21.3. The molecule has 1 saturated carbocycles. The largest absolute Gasteiger partial charge is 0.491 e. The Kier molecular flexibility index (Phi) is 7.32. The summed E-state index contributed by atoms with van der Waals surface area (Å²) in [4.78, 5) is 12.8. The third-order valence-corrected chi connectivity index (χ3v) is 7.61. The van der Waals surface area contributed by atoms with E-state index < -0.39 is 5.60 Å². The molecule has 1 aliphatic carbocycles. The Labute approximate surface area is 212 Å². The smallest absolute Gasteiger partial charge is 0.255 e. The van der Waals surface area contributed by atoms with Gasteiger partial charge in [-0.2, -0.15) is 0 Å². The summed E-state index contributed by atoms with van der Waals surface area (Å²) < 4.78 is 13.6. The molecule has 7 heteroatoms. The van der Waals surface area contributed by atoms with Crippen LogP contribution in [-0.4, -0.2) is 46.5 Å². The Hall–Kier alpha value is -2.87. The predicted octanol–water partition coefficient (Wildman–Crippen LogP) is 4.77. The summed E-state index contributed by atoms with van der Waals surface area (Å²) in [5, 5.41) is 17.9. The minimum Gasteiger partial charge on any atom is -0.491 e. The number of carbonyl (C=O) groups is 1. The second-order valence-corrected chi connectivity index (χ2v) is 10.5. The van der Waals surface area contributed by atoms with E-state index in [9.17, 15) is 9.90 Å². The SMILES string of the molecule is Cn1c(CN[C@H]2CC[C@@](C)(O)CC2)cc2cc(NC(=O)c3ccc(OC[C@@H]4CCCO4)cc3)ccc21. The first-order valence-corrected chi connectivity index (χ1v) is 13.1. The van der Waals surface area contributed by atoms with Crippen molar-refractivity contribution in [2.24, 2.45) is 7.05 Å². The molecular formula is C29H37N3O4. The molecule has 0 spiro atoms. The summed E-state index contributed by atoms with van der Waals surface area (Å²) in [7, 11) is 2.08. The maximum Gasteiger partial charge on any atom is 0.255 e. The molecule has 1 amide bonds. The van der Waals surface area contributed by atoms with E-state index in [4.69, 9.17) is 9.47 Å². The number of ether oxygens (including phenoxy) is 2. The van der Waals surface area contributed by atoms with Gasteiger partial charge in [0, 0.05) is 54.1 Å². The molecule has 2 fully saturated rings. The highest BCUT2D eigenvalue weighted by Gasteiger charge is 2.28. The van der Waals surface area contributed by atoms with Crippen LogP contribution in [0.4, 0.5) is 5.69 Å². The first-order chi connectivity index (χ1) is 17.4. The predicted molar refractivity (Wildman–Crippen MR) is 142 cm³/mol. The fourth-order valence-electron chi connectivity index (χ4n) is 5.22. The number of nitrogens with one attached hydrogen (secondary N) is 2. The number of hydrogen-bond acceptors (Lipinski definition) is 5. The van der Waals surface area contributed by atoms with Crippen LogP contribution in [0.25, 0.3) is 10.9 Å². The van der Waals surface area contributed by atoms with E-state index >= 15 is 0 Å². The molecular weight excluding hydrogens is 454 g/mol. The first kappa shape index (κ1) is 24.8. The van der Waals surface area contributed by atoms with E-state index in [2.05, 4.69) is 28.3 Å². The highest BCUT2D eigenvalue weighted by Crippen LogP contribution is 2.28. The van der Waals surface area contributed by atoms with Gasteiger partial charge in [-0.25, -0.2) is 0 Å². The van der Waals surface area contributed by atoms with Gasteiger partial charge in [-0.15, -0.1) is 0 Å². The molecule has 1 atom stereocenters. The van der Waals surface area contributed by atoms with Crippen LogP contribution >= 0.6 is 0 Å². The Morgan fingerprint density at radius 3 is 2.64 bits per heavy atom. The van der Waals surface area contributed by atoms with Gasteiger partial charge in [-0.05, 0) is 94.0 Å². The lowest BCUT2D eigenvalue weighted by molar-refractivity contribution is 0.0139. The highest BCUT2D eigenvalue weighted by molar-refractivity contribution is 6.05. The van der Waals surface area contributed by atoms with E-state index in [0.29, 0.717) is 18.2 Å². The van der Waals surface area contributed by atoms with Gasteiger partial charge in [0.1, 0.15) is 12.4 Å². The Balaban J connectivity index is 1.17. The van der Waals surface area contributed by atoms with E-state index in [1.807, 2.05) is 37.3 Å². The van der Waals surface area contributed by atoms with Crippen LogP contribution in [-0.2, 0) is 18.3 Å². The van der Waals surface area contributed by atoms with Gasteiger partial charge in [0.2, 0.25) is 0 Å². The minimum absolute atomic E-state index is 0.147. The summed E-state index contributed by atoms with van der Waals surface area (Å²) in [5.41, 5.74) is 3.17. The standard InChI is InChI=1S/C29H37N3O4/c1-29(34)13-11-22(12-14-29)30-18-24-17-21-16-23(7-10-27(21)32(24)2)31-28(33)20-5-8-25(9-6-20)36-19-26-4-3-15-35-26/h5-10,16-17,22,26,30,34H,3-4,11-15,18-19H2,1-2H3,(H,31,33)/t22-,26-,29+/m0/s1. The molecule has 5 rings (SSSR count). The highest BCUT2D eigenvalue weighted by atomic mass is 16.5. The lowest BCUT2D eigenvalue weighted by Crippen LogP contribution is -2.39. The number of aromatic nitrogens is 1. The number of nitrogens with zero attached hydrogens (tertiary/aromatic N) is 1. The minimum atomic E-state index is -0.515. The topological polar surface area (TPSA) is 84.8 Å². The molecule has 36 heavy (non-hydrogen) atoms. The molecule has 3 N–H and O–H groups in total. The quantitative estimate of drug-likeness (QED) is 0.423. The van der Waals surface area contributed by atoms with Crippen molar-refractivity contribution >= 4 is 22.5 Å². The van der Waals surface area contributed by atoms with Crippen LogP contribution < -0.4 is 15.4 Å². The molecule has 2 heterocycles. The van der Waals surface area contributed by atoms with Crippen molar-refractivity contribution in [3.63, 3.8) is 0 Å². The van der Waals surface area contributed by atoms with Crippen molar-refractivity contribution in [3.05, 3.63) is 59.8 Å². The molecule has 2 aromatic carbocycles. The van der Waals surface area contributed by atoms with Crippen molar-refractivity contribution in [2.45, 2.75) is 69.7 Å². The molecule has 7 nitrogen and oxygen atoms in total. The third-order valence-electron chi connectivity index (χ3n) is 7.61. The van der Waals surface area contributed by atoms with E-state index in [-0.39, 0.29) is 12.0 Å². The van der Waals surface area contributed by atoms with Gasteiger partial charge in [-0.1, -0.05) is 0 Å². The third kappa shape index (κ3) is 5.91. The molecule has 1 aromatic heterocycles. The fourth-order valence-corrected chi connectivity index (χ4v) is 5.22. The van der Waals surface area contributed by atoms with E-state index in [1.54, 1.807) is 12.1 Å². The van der Waals surface area contributed by atoms with Gasteiger partial charge in [-0.3, -0.25) is 4.79 Å². The number of aliphatic hydroxyl groups is 1. The second kappa shape index (κ2) is 10.6. The number of benzene rings is 2. The maximum atomic E-state index is 12.8. The lowest BCUT2D eigenvalue weighted by Gasteiger charge is -2.33. The molecule has 3 aromatic rings. The zero-order chi connectivity index (χ0) is 25.1. The lowest BCUT2D eigenvalue weighted by atomic mass is 9.84. The number of carbonyl (C=O) groups excluding carboxylic acids is 1. The zero-order valence-corrected chi connectivity index (χ0v) is 21.3. The fraction of sp³-hybridized carbons (Fsp3) is 0.483. The molecule has 1 saturated heterocycles. The van der Waals surface area contributed by atoms with E-state index in [1.165, 1.54) is 5.69 Å². The number of rotatable bonds is 8. The van der Waals surface area contributed by atoms with Gasteiger partial charge >= 0.3 is 0 Å². The van der Waals surface area contributed by atoms with Crippen molar-refractivity contribution in [1.29, 1.82) is 0 Å². The van der Waals surface area contributed by atoms with Crippen molar-refractivity contribution < 1.29 is 19.4 Å². The number of fused-ring (bicyclic) bond motifs is 1. The molecule has 1 aliphatic heterocycles. The Morgan fingerprint density at radius 2 is 1.92 bits per heavy atom. The summed E-state index contributed by atoms with van der Waals surface area (Å²) in [6, 6.07) is 15.9. The summed E-state index contributed by atoms with van der Waals surface area (Å²) in [5.74, 6) is 0.596. The van der Waals surface area contributed by atoms with Crippen molar-refractivity contribution in [1.82, 2.24) is 9.88 Å². The Bertz CT molecular complexity index is 1190. The van der Waals surface area contributed by atoms with Gasteiger partial charge in [0.15, 0.2) is 0 Å². The second-order valence-electron chi connectivity index (χ2n) is 10.5. The van der Waals surface area contributed by atoms with Crippen LogP contribution in [0.5, 0.6) is 5.75 Å². The van der Waals surface area contributed by atoms with Crippen molar-refractivity contribution in [2.75, 3.05) is 18.5 Å². The number of amides is 1.